The monoisotopic (exact) mass is 445 g/mol. The van der Waals surface area contributed by atoms with Crippen LogP contribution >= 0.6 is 0 Å². The molecule has 0 saturated carbocycles. The zero-order chi connectivity index (χ0) is 23.2. The first kappa shape index (κ1) is 22.2. The molecule has 0 bridgehead atoms. The number of methoxy groups -OCH3 is 2. The molecule has 1 unspecified atom stereocenters. The van der Waals surface area contributed by atoms with Gasteiger partial charge in [-0.1, -0.05) is 12.1 Å². The van der Waals surface area contributed by atoms with Gasteiger partial charge in [0.25, 0.3) is 5.91 Å². The van der Waals surface area contributed by atoms with Crippen LogP contribution in [0.4, 0.5) is 0 Å². The van der Waals surface area contributed by atoms with Crippen LogP contribution in [0.2, 0.25) is 0 Å². The Morgan fingerprint density at radius 1 is 0.909 bits per heavy atom. The van der Waals surface area contributed by atoms with E-state index in [1.54, 1.807) is 38.5 Å². The number of hydrogen-bond acceptors (Lipinski definition) is 5. The molecule has 3 aromatic carbocycles. The van der Waals surface area contributed by atoms with E-state index in [9.17, 15) is 4.79 Å². The Balaban J connectivity index is 1.50. The summed E-state index contributed by atoms with van der Waals surface area (Å²) in [6.45, 7) is 2.98. The highest BCUT2D eigenvalue weighted by atomic mass is 16.5. The van der Waals surface area contributed by atoms with Crippen LogP contribution < -0.4 is 19.5 Å². The SMILES string of the molecule is COc1ccc(OCCn2c(C(C)NC(=O)c3ccc(OC)cc3)nc3ccccc32)cc1. The molecule has 4 rings (SSSR count). The summed E-state index contributed by atoms with van der Waals surface area (Å²) < 4.78 is 18.4. The number of imidazole rings is 1. The number of amides is 1. The van der Waals surface area contributed by atoms with Gasteiger partial charge in [0.2, 0.25) is 0 Å². The second-order valence-electron chi connectivity index (χ2n) is 7.56. The predicted molar refractivity (Wildman–Crippen MR) is 127 cm³/mol. The Kier molecular flexibility index (Phi) is 6.78. The fourth-order valence-corrected chi connectivity index (χ4v) is 3.67. The van der Waals surface area contributed by atoms with Crippen molar-refractivity contribution in [1.82, 2.24) is 14.9 Å². The second-order valence-corrected chi connectivity index (χ2v) is 7.56. The minimum absolute atomic E-state index is 0.168. The highest BCUT2D eigenvalue weighted by Gasteiger charge is 2.19. The zero-order valence-electron chi connectivity index (χ0n) is 18.9. The summed E-state index contributed by atoms with van der Waals surface area (Å²) in [6, 6.07) is 22.1. The highest BCUT2D eigenvalue weighted by molar-refractivity contribution is 5.94. The normalized spacial score (nSPS) is 11.7. The third-order valence-corrected chi connectivity index (χ3v) is 5.41. The van der Waals surface area contributed by atoms with Crippen molar-refractivity contribution in [1.29, 1.82) is 0 Å². The van der Waals surface area contributed by atoms with Gasteiger partial charge in [0, 0.05) is 5.56 Å². The van der Waals surface area contributed by atoms with Crippen LogP contribution in [0.15, 0.2) is 72.8 Å². The van der Waals surface area contributed by atoms with Gasteiger partial charge >= 0.3 is 0 Å². The van der Waals surface area contributed by atoms with Gasteiger partial charge in [-0.3, -0.25) is 4.79 Å². The van der Waals surface area contributed by atoms with Gasteiger partial charge < -0.3 is 24.1 Å². The standard InChI is InChI=1S/C26H27N3O4/c1-18(27-26(30)19-8-10-20(31-2)11-9-19)25-28-23-6-4-5-7-24(23)29(25)16-17-33-22-14-12-21(32-3)13-15-22/h4-15,18H,16-17H2,1-3H3,(H,27,30). The lowest BCUT2D eigenvalue weighted by Crippen LogP contribution is -2.29. The van der Waals surface area contributed by atoms with Crippen molar-refractivity contribution >= 4 is 16.9 Å². The summed E-state index contributed by atoms with van der Waals surface area (Å²) in [4.78, 5) is 17.6. The van der Waals surface area contributed by atoms with Crippen molar-refractivity contribution in [2.45, 2.75) is 19.5 Å². The van der Waals surface area contributed by atoms with Crippen LogP contribution in [0.1, 0.15) is 29.1 Å². The number of nitrogens with one attached hydrogen (secondary N) is 1. The number of hydrogen-bond donors (Lipinski definition) is 1. The van der Waals surface area contributed by atoms with Crippen molar-refractivity contribution in [3.05, 3.63) is 84.2 Å². The van der Waals surface area contributed by atoms with E-state index >= 15 is 0 Å². The molecule has 1 aromatic heterocycles. The van der Waals surface area contributed by atoms with Crippen LogP contribution in [0.5, 0.6) is 17.2 Å². The number of benzene rings is 3. The van der Waals surface area contributed by atoms with Gasteiger partial charge in [0.05, 0.1) is 37.8 Å². The van der Waals surface area contributed by atoms with Gasteiger partial charge in [0.1, 0.15) is 29.7 Å². The van der Waals surface area contributed by atoms with E-state index in [2.05, 4.69) is 9.88 Å². The van der Waals surface area contributed by atoms with E-state index in [1.807, 2.05) is 55.5 Å². The Labute approximate surface area is 192 Å². The second kappa shape index (κ2) is 10.1. The minimum atomic E-state index is -0.298. The number of fused-ring (bicyclic) bond motifs is 1. The van der Waals surface area contributed by atoms with Crippen molar-refractivity contribution in [2.75, 3.05) is 20.8 Å². The molecule has 4 aromatic rings. The number of aromatic nitrogens is 2. The molecule has 1 N–H and O–H groups in total. The Bertz CT molecular complexity index is 1220. The molecule has 7 heteroatoms. The molecule has 0 spiro atoms. The summed E-state index contributed by atoms with van der Waals surface area (Å²) in [5.41, 5.74) is 2.44. The van der Waals surface area contributed by atoms with E-state index in [-0.39, 0.29) is 11.9 Å². The maximum atomic E-state index is 12.8. The molecule has 0 fully saturated rings. The lowest BCUT2D eigenvalue weighted by Gasteiger charge is -2.17. The zero-order valence-corrected chi connectivity index (χ0v) is 18.9. The average Bonchev–Trinajstić information content (AvgIpc) is 3.23. The smallest absolute Gasteiger partial charge is 0.251 e. The molecule has 0 aliphatic rings. The summed E-state index contributed by atoms with van der Waals surface area (Å²) in [5.74, 6) is 2.86. The van der Waals surface area contributed by atoms with Crippen LogP contribution in [0.25, 0.3) is 11.0 Å². The third kappa shape index (κ3) is 5.09. The molecule has 0 aliphatic carbocycles. The van der Waals surface area contributed by atoms with E-state index < -0.39 is 0 Å². The number of nitrogens with zero attached hydrogens (tertiary/aromatic N) is 2. The summed E-state index contributed by atoms with van der Waals surface area (Å²) in [6.07, 6.45) is 0. The predicted octanol–water partition coefficient (Wildman–Crippen LogP) is 4.62. The summed E-state index contributed by atoms with van der Waals surface area (Å²) in [7, 11) is 3.23. The highest BCUT2D eigenvalue weighted by Crippen LogP contribution is 2.22. The Hall–Kier alpha value is -4.00. The summed E-state index contributed by atoms with van der Waals surface area (Å²) >= 11 is 0. The molecule has 1 amide bonds. The molecule has 33 heavy (non-hydrogen) atoms. The van der Waals surface area contributed by atoms with Crippen LogP contribution in [0, 0.1) is 0 Å². The minimum Gasteiger partial charge on any atom is -0.497 e. The lowest BCUT2D eigenvalue weighted by atomic mass is 10.2. The largest absolute Gasteiger partial charge is 0.497 e. The Morgan fingerprint density at radius 3 is 2.18 bits per heavy atom. The van der Waals surface area contributed by atoms with Crippen molar-refractivity contribution in [3.8, 4) is 17.2 Å². The molecule has 0 saturated heterocycles. The first-order valence-corrected chi connectivity index (χ1v) is 10.8. The van der Waals surface area contributed by atoms with Crippen LogP contribution in [-0.4, -0.2) is 36.3 Å². The quantitative estimate of drug-likeness (QED) is 0.407. The van der Waals surface area contributed by atoms with Crippen molar-refractivity contribution in [2.24, 2.45) is 0 Å². The van der Waals surface area contributed by atoms with E-state index in [0.717, 1.165) is 28.4 Å². The van der Waals surface area contributed by atoms with Crippen LogP contribution in [0.3, 0.4) is 0 Å². The molecule has 1 heterocycles. The molecule has 0 radical (unpaired) electrons. The fraction of sp³-hybridized carbons (Fsp3) is 0.231. The topological polar surface area (TPSA) is 74.6 Å². The van der Waals surface area contributed by atoms with E-state index in [1.165, 1.54) is 0 Å². The van der Waals surface area contributed by atoms with Crippen molar-refractivity contribution in [3.63, 3.8) is 0 Å². The van der Waals surface area contributed by atoms with Crippen LogP contribution in [-0.2, 0) is 6.54 Å². The van der Waals surface area contributed by atoms with Gasteiger partial charge in [-0.15, -0.1) is 0 Å². The molecular formula is C26H27N3O4. The molecular weight excluding hydrogens is 418 g/mol. The number of para-hydroxylation sites is 2. The lowest BCUT2D eigenvalue weighted by molar-refractivity contribution is 0.0937. The molecule has 1 atom stereocenters. The molecule has 7 nitrogen and oxygen atoms in total. The average molecular weight is 446 g/mol. The first-order chi connectivity index (χ1) is 16.1. The van der Waals surface area contributed by atoms with Gasteiger partial charge in [-0.2, -0.15) is 0 Å². The maximum Gasteiger partial charge on any atom is 0.251 e. The number of rotatable bonds is 9. The van der Waals surface area contributed by atoms with Gasteiger partial charge in [-0.25, -0.2) is 4.98 Å². The van der Waals surface area contributed by atoms with E-state index in [4.69, 9.17) is 19.2 Å². The van der Waals surface area contributed by atoms with E-state index in [0.29, 0.717) is 24.5 Å². The number of carbonyl (C=O) groups excluding carboxylic acids is 1. The first-order valence-electron chi connectivity index (χ1n) is 10.8. The van der Waals surface area contributed by atoms with Gasteiger partial charge in [0.15, 0.2) is 0 Å². The van der Waals surface area contributed by atoms with Gasteiger partial charge in [-0.05, 0) is 67.6 Å². The fourth-order valence-electron chi connectivity index (χ4n) is 3.67. The summed E-state index contributed by atoms with van der Waals surface area (Å²) in [5, 5.41) is 3.05. The Morgan fingerprint density at radius 2 is 1.52 bits per heavy atom. The number of carbonyl (C=O) groups is 1. The molecule has 170 valence electrons. The number of ether oxygens (including phenoxy) is 3. The van der Waals surface area contributed by atoms with Crippen molar-refractivity contribution < 1.29 is 19.0 Å². The maximum absolute atomic E-state index is 12.8. The third-order valence-electron chi connectivity index (χ3n) is 5.41. The molecule has 0 aliphatic heterocycles.